The van der Waals surface area contributed by atoms with E-state index in [4.69, 9.17) is 9.47 Å². The molecule has 0 fully saturated rings. The van der Waals surface area contributed by atoms with Crippen molar-refractivity contribution < 1.29 is 19.1 Å². The predicted octanol–water partition coefficient (Wildman–Crippen LogP) is 4.43. The average Bonchev–Trinajstić information content (AvgIpc) is 3.30. The molecule has 30 heavy (non-hydrogen) atoms. The van der Waals surface area contributed by atoms with Gasteiger partial charge in [0.2, 0.25) is 5.91 Å². The predicted molar refractivity (Wildman–Crippen MR) is 118 cm³/mol. The summed E-state index contributed by atoms with van der Waals surface area (Å²) in [5.41, 5.74) is 0.607. The summed E-state index contributed by atoms with van der Waals surface area (Å²) >= 11 is 2.85. The number of hydrogen-bond acceptors (Lipinski definition) is 6. The molecule has 2 aromatic carbocycles. The monoisotopic (exact) mass is 440 g/mol. The van der Waals surface area contributed by atoms with E-state index in [2.05, 4.69) is 10.6 Å². The molecule has 6 nitrogen and oxygen atoms in total. The van der Waals surface area contributed by atoms with Crippen LogP contribution in [0.3, 0.4) is 0 Å². The van der Waals surface area contributed by atoms with E-state index in [1.165, 1.54) is 23.1 Å². The molecule has 1 aliphatic rings. The normalized spacial score (nSPS) is 13.4. The number of nitrogens with one attached hydrogen (secondary N) is 2. The van der Waals surface area contributed by atoms with Gasteiger partial charge in [-0.3, -0.25) is 9.59 Å². The first-order valence-electron chi connectivity index (χ1n) is 9.42. The zero-order valence-corrected chi connectivity index (χ0v) is 17.8. The van der Waals surface area contributed by atoms with Crippen molar-refractivity contribution in [2.45, 2.75) is 22.8 Å². The van der Waals surface area contributed by atoms with Crippen LogP contribution in [0.1, 0.15) is 16.6 Å². The number of hydrogen-bond donors (Lipinski definition) is 2. The number of fused-ring (bicyclic) bond motifs is 1. The van der Waals surface area contributed by atoms with Crippen molar-refractivity contribution in [3.63, 3.8) is 0 Å². The Morgan fingerprint density at radius 3 is 2.47 bits per heavy atom. The molecule has 0 radical (unpaired) electrons. The van der Waals surface area contributed by atoms with Crippen molar-refractivity contribution >= 4 is 40.6 Å². The van der Waals surface area contributed by atoms with Crippen LogP contribution in [0, 0.1) is 0 Å². The van der Waals surface area contributed by atoms with Gasteiger partial charge in [0.05, 0.1) is 10.6 Å². The summed E-state index contributed by atoms with van der Waals surface area (Å²) in [6.07, 6.45) is 0. The van der Waals surface area contributed by atoms with Gasteiger partial charge in [-0.1, -0.05) is 36.0 Å². The molecule has 2 heterocycles. The topological polar surface area (TPSA) is 76.7 Å². The zero-order valence-electron chi connectivity index (χ0n) is 16.2. The van der Waals surface area contributed by atoms with Crippen molar-refractivity contribution in [2.24, 2.45) is 0 Å². The van der Waals surface area contributed by atoms with Gasteiger partial charge >= 0.3 is 0 Å². The van der Waals surface area contributed by atoms with Crippen LogP contribution in [0.25, 0.3) is 0 Å². The number of carbonyl (C=O) groups excluding carboxylic acids is 2. The Morgan fingerprint density at radius 1 is 1.03 bits per heavy atom. The van der Waals surface area contributed by atoms with Gasteiger partial charge in [-0.25, -0.2) is 0 Å². The van der Waals surface area contributed by atoms with Crippen molar-refractivity contribution in [3.8, 4) is 11.5 Å². The minimum Gasteiger partial charge on any atom is -0.486 e. The molecular formula is C22H20N2O4S2. The first-order valence-corrected chi connectivity index (χ1v) is 11.1. The van der Waals surface area contributed by atoms with Gasteiger partial charge in [0.15, 0.2) is 11.5 Å². The lowest BCUT2D eigenvalue weighted by Gasteiger charge is -2.22. The molecule has 2 amide bonds. The fraction of sp³-hybridized carbons (Fsp3) is 0.182. The molecule has 154 valence electrons. The van der Waals surface area contributed by atoms with E-state index in [0.29, 0.717) is 35.3 Å². The van der Waals surface area contributed by atoms with Gasteiger partial charge in [0.1, 0.15) is 19.3 Å². The molecule has 8 heteroatoms. The molecule has 0 saturated carbocycles. The second-order valence-corrected chi connectivity index (χ2v) is 8.63. The summed E-state index contributed by atoms with van der Waals surface area (Å²) < 4.78 is 11.4. The van der Waals surface area contributed by atoms with Crippen LogP contribution in [0.2, 0.25) is 0 Å². The number of thiophene rings is 1. The first kappa shape index (κ1) is 20.3. The number of benzene rings is 2. The van der Waals surface area contributed by atoms with E-state index in [0.717, 1.165) is 9.79 Å². The lowest BCUT2D eigenvalue weighted by atomic mass is 10.2. The number of amides is 2. The lowest BCUT2D eigenvalue weighted by Crippen LogP contribution is -2.41. The third-order valence-corrected chi connectivity index (χ3v) is 6.29. The van der Waals surface area contributed by atoms with E-state index >= 15 is 0 Å². The fourth-order valence-electron chi connectivity index (χ4n) is 2.85. The standard InChI is InChI=1S/C22H20N2O4S2/c1-14(23-22(26)19-8-5-11-29-19)21(25)24-16-12-17-18(28-10-9-27-17)13-20(16)30-15-6-3-2-4-7-15/h2-8,11-14H,9-10H2,1H3,(H,23,26)(H,24,25). The Hall–Kier alpha value is -2.97. The molecule has 1 aromatic heterocycles. The molecule has 1 aliphatic heterocycles. The second kappa shape index (κ2) is 9.23. The van der Waals surface area contributed by atoms with Crippen LogP contribution in [-0.2, 0) is 4.79 Å². The number of anilines is 1. The summed E-state index contributed by atoms with van der Waals surface area (Å²) in [6, 6.07) is 16.3. The quantitative estimate of drug-likeness (QED) is 0.593. The van der Waals surface area contributed by atoms with Gasteiger partial charge in [-0.05, 0) is 30.5 Å². The largest absolute Gasteiger partial charge is 0.486 e. The van der Waals surface area contributed by atoms with E-state index in [1.807, 2.05) is 41.8 Å². The van der Waals surface area contributed by atoms with E-state index in [9.17, 15) is 9.59 Å². The Kier molecular flexibility index (Phi) is 6.25. The maximum absolute atomic E-state index is 12.8. The molecule has 0 saturated heterocycles. The highest BCUT2D eigenvalue weighted by molar-refractivity contribution is 7.99. The molecular weight excluding hydrogens is 420 g/mol. The zero-order chi connectivity index (χ0) is 20.9. The van der Waals surface area contributed by atoms with E-state index in [-0.39, 0.29) is 11.8 Å². The molecule has 0 aliphatic carbocycles. The number of carbonyl (C=O) groups is 2. The van der Waals surface area contributed by atoms with Crippen LogP contribution >= 0.6 is 23.1 Å². The SMILES string of the molecule is CC(NC(=O)c1cccs1)C(=O)Nc1cc2c(cc1Sc1ccccc1)OCCO2. The Labute approximate surface area is 182 Å². The Bertz CT molecular complexity index is 1040. The molecule has 1 atom stereocenters. The smallest absolute Gasteiger partial charge is 0.261 e. The van der Waals surface area contributed by atoms with Crippen LogP contribution in [0.15, 0.2) is 69.8 Å². The summed E-state index contributed by atoms with van der Waals surface area (Å²) in [5.74, 6) is 0.654. The summed E-state index contributed by atoms with van der Waals surface area (Å²) in [4.78, 5) is 27.5. The van der Waals surface area contributed by atoms with Crippen molar-refractivity contribution in [2.75, 3.05) is 18.5 Å². The van der Waals surface area contributed by atoms with Crippen LogP contribution < -0.4 is 20.1 Å². The Morgan fingerprint density at radius 2 is 1.77 bits per heavy atom. The number of rotatable bonds is 6. The Balaban J connectivity index is 1.54. The summed E-state index contributed by atoms with van der Waals surface area (Å²) in [6.45, 7) is 2.60. The maximum Gasteiger partial charge on any atom is 0.261 e. The van der Waals surface area contributed by atoms with E-state index in [1.54, 1.807) is 25.1 Å². The maximum atomic E-state index is 12.8. The highest BCUT2D eigenvalue weighted by Gasteiger charge is 2.21. The van der Waals surface area contributed by atoms with Crippen LogP contribution in [0.5, 0.6) is 11.5 Å². The third-order valence-electron chi connectivity index (χ3n) is 4.36. The molecule has 0 spiro atoms. The highest BCUT2D eigenvalue weighted by atomic mass is 32.2. The van der Waals surface area contributed by atoms with Crippen molar-refractivity contribution in [3.05, 3.63) is 64.9 Å². The molecule has 0 bridgehead atoms. The first-order chi connectivity index (χ1) is 14.6. The molecule has 1 unspecified atom stereocenters. The van der Waals surface area contributed by atoms with Crippen molar-refractivity contribution in [1.29, 1.82) is 0 Å². The highest BCUT2D eigenvalue weighted by Crippen LogP contribution is 2.42. The van der Waals surface area contributed by atoms with Gasteiger partial charge in [0.25, 0.3) is 5.91 Å². The third kappa shape index (κ3) is 4.77. The van der Waals surface area contributed by atoms with Crippen LogP contribution in [-0.4, -0.2) is 31.1 Å². The van der Waals surface area contributed by atoms with E-state index < -0.39 is 6.04 Å². The lowest BCUT2D eigenvalue weighted by molar-refractivity contribution is -0.117. The van der Waals surface area contributed by atoms with Gasteiger partial charge in [-0.15, -0.1) is 11.3 Å². The fourth-order valence-corrected chi connectivity index (χ4v) is 4.41. The van der Waals surface area contributed by atoms with Gasteiger partial charge in [0, 0.05) is 21.9 Å². The molecule has 3 aromatic rings. The second-order valence-electron chi connectivity index (χ2n) is 6.57. The van der Waals surface area contributed by atoms with Gasteiger partial charge in [-0.2, -0.15) is 0 Å². The summed E-state index contributed by atoms with van der Waals surface area (Å²) in [5, 5.41) is 7.48. The summed E-state index contributed by atoms with van der Waals surface area (Å²) in [7, 11) is 0. The number of ether oxygens (including phenoxy) is 2. The van der Waals surface area contributed by atoms with Crippen molar-refractivity contribution in [1.82, 2.24) is 5.32 Å². The average molecular weight is 441 g/mol. The molecule has 4 rings (SSSR count). The molecule has 2 N–H and O–H groups in total. The van der Waals surface area contributed by atoms with Gasteiger partial charge < -0.3 is 20.1 Å². The van der Waals surface area contributed by atoms with Crippen LogP contribution in [0.4, 0.5) is 5.69 Å². The minimum absolute atomic E-state index is 0.270. The minimum atomic E-state index is -0.706.